The highest BCUT2D eigenvalue weighted by atomic mass is 32.2. The summed E-state index contributed by atoms with van der Waals surface area (Å²) in [5.74, 6) is 1.01. The van der Waals surface area contributed by atoms with Crippen molar-refractivity contribution >= 4 is 10.8 Å². The molecule has 0 fully saturated rings. The van der Waals surface area contributed by atoms with Gasteiger partial charge < -0.3 is 5.11 Å². The molecule has 70 valence electrons. The summed E-state index contributed by atoms with van der Waals surface area (Å²) in [6, 6.07) is 3.20. The Morgan fingerprint density at radius 1 is 1.62 bits per heavy atom. The van der Waals surface area contributed by atoms with Crippen LogP contribution < -0.4 is 0 Å². The van der Waals surface area contributed by atoms with Crippen LogP contribution >= 0.6 is 0 Å². The van der Waals surface area contributed by atoms with E-state index in [2.05, 4.69) is 11.6 Å². The molecule has 3 nitrogen and oxygen atoms in total. The summed E-state index contributed by atoms with van der Waals surface area (Å²) in [6.07, 6.45) is 2.97. The fourth-order valence-corrected chi connectivity index (χ4v) is 1.74. The summed E-state index contributed by atoms with van der Waals surface area (Å²) in [5.41, 5.74) is 0.720. The van der Waals surface area contributed by atoms with E-state index in [1.165, 1.54) is 12.3 Å². The van der Waals surface area contributed by atoms with Crippen molar-refractivity contribution in [3.63, 3.8) is 0 Å². The third kappa shape index (κ3) is 3.38. The number of hydrogen-bond acceptors (Lipinski definition) is 3. The maximum absolute atomic E-state index is 11.2. The lowest BCUT2D eigenvalue weighted by atomic mass is 10.4. The smallest absolute Gasteiger partial charge is 0.133 e. The van der Waals surface area contributed by atoms with E-state index in [0.717, 1.165) is 5.69 Å². The van der Waals surface area contributed by atoms with Crippen LogP contribution in [0.3, 0.4) is 0 Å². The van der Waals surface area contributed by atoms with Gasteiger partial charge in [0.2, 0.25) is 0 Å². The van der Waals surface area contributed by atoms with E-state index >= 15 is 0 Å². The molecule has 0 saturated heterocycles. The van der Waals surface area contributed by atoms with Gasteiger partial charge in [-0.15, -0.1) is 6.58 Å². The number of aromatic nitrogens is 1. The van der Waals surface area contributed by atoms with Crippen molar-refractivity contribution in [1.82, 2.24) is 4.98 Å². The number of nitrogens with zero attached hydrogens (tertiary/aromatic N) is 1. The molecular weight excluding hydrogens is 186 g/mol. The molecule has 1 rings (SSSR count). The van der Waals surface area contributed by atoms with Crippen LogP contribution in [0.25, 0.3) is 0 Å². The Labute approximate surface area is 79.6 Å². The number of rotatable bonds is 4. The minimum atomic E-state index is -0.940. The van der Waals surface area contributed by atoms with Crippen molar-refractivity contribution in [1.29, 1.82) is 0 Å². The molecule has 0 radical (unpaired) electrons. The number of aromatic hydroxyl groups is 1. The highest BCUT2D eigenvalue weighted by Crippen LogP contribution is 2.07. The molecule has 0 spiro atoms. The lowest BCUT2D eigenvalue weighted by Gasteiger charge is -1.98. The summed E-state index contributed by atoms with van der Waals surface area (Å²) in [7, 11) is -0.940. The predicted molar refractivity (Wildman–Crippen MR) is 52.8 cm³/mol. The molecule has 0 amide bonds. The van der Waals surface area contributed by atoms with Gasteiger partial charge in [0.25, 0.3) is 0 Å². The van der Waals surface area contributed by atoms with Gasteiger partial charge in [-0.25, -0.2) is 0 Å². The SMILES string of the molecule is C=CCS(=O)Cc1ccc(O)cn1. The Hall–Kier alpha value is -1.16. The first-order valence-corrected chi connectivity index (χ1v) is 5.31. The molecule has 13 heavy (non-hydrogen) atoms. The van der Waals surface area contributed by atoms with Gasteiger partial charge in [-0.3, -0.25) is 9.19 Å². The molecule has 0 saturated carbocycles. The maximum Gasteiger partial charge on any atom is 0.133 e. The minimum absolute atomic E-state index is 0.123. The third-order valence-electron chi connectivity index (χ3n) is 1.42. The largest absolute Gasteiger partial charge is 0.506 e. The molecular formula is C9H11NO2S. The second-order valence-corrected chi connectivity index (χ2v) is 4.05. The van der Waals surface area contributed by atoms with E-state index in [1.807, 2.05) is 0 Å². The highest BCUT2D eigenvalue weighted by Gasteiger charge is 2.00. The summed E-state index contributed by atoms with van der Waals surface area (Å²) < 4.78 is 11.2. The van der Waals surface area contributed by atoms with Gasteiger partial charge in [-0.2, -0.15) is 0 Å². The molecule has 0 aliphatic rings. The Kier molecular flexibility index (Phi) is 3.64. The Balaban J connectivity index is 2.59. The Morgan fingerprint density at radius 3 is 2.92 bits per heavy atom. The van der Waals surface area contributed by atoms with Crippen LogP contribution in [0, 0.1) is 0 Å². The van der Waals surface area contributed by atoms with E-state index in [1.54, 1.807) is 12.1 Å². The van der Waals surface area contributed by atoms with Crippen molar-refractivity contribution in [2.45, 2.75) is 5.75 Å². The lowest BCUT2D eigenvalue weighted by Crippen LogP contribution is -1.99. The summed E-state index contributed by atoms with van der Waals surface area (Å²) >= 11 is 0. The summed E-state index contributed by atoms with van der Waals surface area (Å²) in [4.78, 5) is 3.92. The van der Waals surface area contributed by atoms with E-state index in [-0.39, 0.29) is 5.75 Å². The van der Waals surface area contributed by atoms with E-state index in [0.29, 0.717) is 11.5 Å². The molecule has 0 aliphatic heterocycles. The van der Waals surface area contributed by atoms with Gasteiger partial charge in [0.1, 0.15) is 5.75 Å². The van der Waals surface area contributed by atoms with Crippen LogP contribution in [0.15, 0.2) is 31.0 Å². The number of pyridine rings is 1. The Morgan fingerprint density at radius 2 is 2.38 bits per heavy atom. The molecule has 1 heterocycles. The average Bonchev–Trinajstić information content (AvgIpc) is 2.09. The normalized spacial score (nSPS) is 12.3. The first kappa shape index (κ1) is 9.92. The van der Waals surface area contributed by atoms with Crippen LogP contribution in [-0.4, -0.2) is 20.1 Å². The van der Waals surface area contributed by atoms with Gasteiger partial charge >= 0.3 is 0 Å². The number of hydrogen-bond donors (Lipinski definition) is 1. The zero-order chi connectivity index (χ0) is 9.68. The maximum atomic E-state index is 11.2. The fraction of sp³-hybridized carbons (Fsp3) is 0.222. The zero-order valence-corrected chi connectivity index (χ0v) is 7.96. The van der Waals surface area contributed by atoms with Crippen LogP contribution in [-0.2, 0) is 16.6 Å². The fourth-order valence-electron chi connectivity index (χ4n) is 0.857. The van der Waals surface area contributed by atoms with Gasteiger partial charge in [-0.05, 0) is 12.1 Å². The molecule has 4 heteroatoms. The first-order valence-electron chi connectivity index (χ1n) is 3.82. The summed E-state index contributed by atoms with van der Waals surface area (Å²) in [6.45, 7) is 3.50. The van der Waals surface area contributed by atoms with Gasteiger partial charge in [0.15, 0.2) is 0 Å². The van der Waals surface area contributed by atoms with Gasteiger partial charge in [0, 0.05) is 16.6 Å². The quantitative estimate of drug-likeness (QED) is 0.738. The van der Waals surface area contributed by atoms with Gasteiger partial charge in [0.05, 0.1) is 17.6 Å². The van der Waals surface area contributed by atoms with Crippen molar-refractivity contribution in [2.75, 3.05) is 5.75 Å². The van der Waals surface area contributed by atoms with Crippen molar-refractivity contribution in [2.24, 2.45) is 0 Å². The van der Waals surface area contributed by atoms with E-state index in [4.69, 9.17) is 5.11 Å². The summed E-state index contributed by atoms with van der Waals surface area (Å²) in [5, 5.41) is 8.94. The molecule has 1 aromatic rings. The van der Waals surface area contributed by atoms with Crippen molar-refractivity contribution in [3.05, 3.63) is 36.7 Å². The van der Waals surface area contributed by atoms with Crippen LogP contribution in [0.5, 0.6) is 5.75 Å². The van der Waals surface area contributed by atoms with E-state index < -0.39 is 10.8 Å². The standard InChI is InChI=1S/C9H11NO2S/c1-2-5-13(12)7-8-3-4-9(11)6-10-8/h2-4,6,11H,1,5,7H2. The molecule has 0 aliphatic carbocycles. The van der Waals surface area contributed by atoms with Crippen LogP contribution in [0.2, 0.25) is 0 Å². The topological polar surface area (TPSA) is 50.2 Å². The molecule has 1 atom stereocenters. The lowest BCUT2D eigenvalue weighted by molar-refractivity contribution is 0.472. The van der Waals surface area contributed by atoms with Gasteiger partial charge in [-0.1, -0.05) is 6.08 Å². The molecule has 1 unspecified atom stereocenters. The minimum Gasteiger partial charge on any atom is -0.506 e. The monoisotopic (exact) mass is 197 g/mol. The average molecular weight is 197 g/mol. The van der Waals surface area contributed by atoms with Crippen LogP contribution in [0.1, 0.15) is 5.69 Å². The molecule has 1 aromatic heterocycles. The molecule has 1 N–H and O–H groups in total. The second kappa shape index (κ2) is 4.77. The van der Waals surface area contributed by atoms with Crippen LogP contribution in [0.4, 0.5) is 0 Å². The Bertz CT molecular complexity index is 308. The van der Waals surface area contributed by atoms with E-state index in [9.17, 15) is 4.21 Å². The third-order valence-corrected chi connectivity index (χ3v) is 2.65. The van der Waals surface area contributed by atoms with Crippen molar-refractivity contribution < 1.29 is 9.32 Å². The first-order chi connectivity index (χ1) is 6.22. The molecule has 0 bridgehead atoms. The zero-order valence-electron chi connectivity index (χ0n) is 7.14. The highest BCUT2D eigenvalue weighted by molar-refractivity contribution is 7.84. The van der Waals surface area contributed by atoms with Crippen molar-refractivity contribution in [3.8, 4) is 5.75 Å². The predicted octanol–water partition coefficient (Wildman–Crippen LogP) is 1.22. The molecule has 0 aromatic carbocycles. The second-order valence-electron chi connectivity index (χ2n) is 2.55.